The van der Waals surface area contributed by atoms with Crippen molar-refractivity contribution in [1.29, 1.82) is 0 Å². The molecule has 3 rings (SSSR count). The van der Waals surface area contributed by atoms with E-state index in [1.807, 2.05) is 0 Å². The lowest BCUT2D eigenvalue weighted by Gasteiger charge is -2.31. The number of aryl methyl sites for hydroxylation is 2. The van der Waals surface area contributed by atoms with Gasteiger partial charge in [-0.25, -0.2) is 0 Å². The zero-order chi connectivity index (χ0) is 11.9. The van der Waals surface area contributed by atoms with Crippen molar-refractivity contribution < 1.29 is 0 Å². The summed E-state index contributed by atoms with van der Waals surface area (Å²) in [6.07, 6.45) is 8.84. The fourth-order valence-electron chi connectivity index (χ4n) is 3.88. The van der Waals surface area contributed by atoms with Crippen LogP contribution in [0.15, 0.2) is 18.2 Å². The molecular formula is C16H23P. The van der Waals surface area contributed by atoms with Crippen LogP contribution in [-0.2, 0) is 5.16 Å². The lowest BCUT2D eigenvalue weighted by molar-refractivity contribution is 0.464. The van der Waals surface area contributed by atoms with Crippen molar-refractivity contribution >= 4 is 8.58 Å². The van der Waals surface area contributed by atoms with Gasteiger partial charge >= 0.3 is 0 Å². The van der Waals surface area contributed by atoms with Gasteiger partial charge in [-0.15, -0.1) is 8.58 Å². The summed E-state index contributed by atoms with van der Waals surface area (Å²) in [7, 11) is 1.19. The quantitative estimate of drug-likeness (QED) is 0.617. The van der Waals surface area contributed by atoms with Crippen LogP contribution in [0.5, 0.6) is 0 Å². The van der Waals surface area contributed by atoms with E-state index < -0.39 is 0 Å². The normalized spacial score (nSPS) is 33.9. The summed E-state index contributed by atoms with van der Waals surface area (Å²) in [5.74, 6) is 0. The Bertz CT molecular complexity index is 424. The van der Waals surface area contributed by atoms with E-state index in [4.69, 9.17) is 0 Å². The van der Waals surface area contributed by atoms with Crippen molar-refractivity contribution in [3.8, 4) is 0 Å². The van der Waals surface area contributed by atoms with Crippen LogP contribution in [0.3, 0.4) is 0 Å². The van der Waals surface area contributed by atoms with Gasteiger partial charge in [-0.2, -0.15) is 0 Å². The van der Waals surface area contributed by atoms with E-state index >= 15 is 0 Å². The topological polar surface area (TPSA) is 0 Å². The highest BCUT2D eigenvalue weighted by molar-refractivity contribution is 7.40. The van der Waals surface area contributed by atoms with Crippen molar-refractivity contribution in [3.05, 3.63) is 34.9 Å². The van der Waals surface area contributed by atoms with Gasteiger partial charge in [0.05, 0.1) is 0 Å². The SMILES string of the molecule is Cc1ccc(C23CCCCC(CC2)P3)c(C)c1. The van der Waals surface area contributed by atoms with Gasteiger partial charge in [0.15, 0.2) is 0 Å². The van der Waals surface area contributed by atoms with E-state index in [2.05, 4.69) is 32.0 Å². The molecule has 0 aliphatic carbocycles. The molecule has 2 aliphatic rings. The Labute approximate surface area is 107 Å². The van der Waals surface area contributed by atoms with E-state index in [0.717, 1.165) is 5.66 Å². The number of rotatable bonds is 1. The van der Waals surface area contributed by atoms with Gasteiger partial charge in [0, 0.05) is 5.16 Å². The molecule has 3 unspecified atom stereocenters. The minimum absolute atomic E-state index is 0.582. The summed E-state index contributed by atoms with van der Waals surface area (Å²) in [5.41, 5.74) is 5.69. The monoisotopic (exact) mass is 246 g/mol. The molecule has 2 fully saturated rings. The van der Waals surface area contributed by atoms with E-state index in [1.165, 1.54) is 52.7 Å². The van der Waals surface area contributed by atoms with Gasteiger partial charge in [0.25, 0.3) is 0 Å². The Hall–Kier alpha value is -0.350. The van der Waals surface area contributed by atoms with E-state index in [0.29, 0.717) is 5.16 Å². The fourth-order valence-corrected chi connectivity index (χ4v) is 6.35. The van der Waals surface area contributed by atoms with Crippen molar-refractivity contribution in [2.45, 2.75) is 63.2 Å². The average Bonchev–Trinajstić information content (AvgIpc) is 2.55. The molecule has 0 radical (unpaired) electrons. The highest BCUT2D eigenvalue weighted by atomic mass is 31.1. The second-order valence-corrected chi connectivity index (χ2v) is 8.09. The molecule has 2 saturated heterocycles. The summed E-state index contributed by atoms with van der Waals surface area (Å²) in [6.45, 7) is 4.53. The minimum atomic E-state index is 0.582. The number of fused-ring (bicyclic) bond motifs is 2. The van der Waals surface area contributed by atoms with Crippen LogP contribution in [-0.4, -0.2) is 5.66 Å². The Balaban J connectivity index is 2.01. The molecule has 2 bridgehead atoms. The summed E-state index contributed by atoms with van der Waals surface area (Å²) in [4.78, 5) is 0. The number of benzene rings is 1. The Morgan fingerprint density at radius 1 is 1.12 bits per heavy atom. The molecular weight excluding hydrogens is 223 g/mol. The largest absolute Gasteiger partial charge is 0.108 e. The van der Waals surface area contributed by atoms with Gasteiger partial charge in [-0.05, 0) is 56.3 Å². The number of hydrogen-bond donors (Lipinski definition) is 0. The third-order valence-corrected chi connectivity index (χ3v) is 7.01. The molecule has 92 valence electrons. The minimum Gasteiger partial charge on any atom is -0.108 e. The molecule has 0 nitrogen and oxygen atoms in total. The third-order valence-electron chi connectivity index (χ3n) is 4.70. The molecule has 17 heavy (non-hydrogen) atoms. The second kappa shape index (κ2) is 4.39. The van der Waals surface area contributed by atoms with Gasteiger partial charge in [0.1, 0.15) is 0 Å². The zero-order valence-corrected chi connectivity index (χ0v) is 12.1. The molecule has 0 spiro atoms. The van der Waals surface area contributed by atoms with Crippen molar-refractivity contribution in [2.75, 3.05) is 0 Å². The average molecular weight is 246 g/mol. The molecule has 0 N–H and O–H groups in total. The molecule has 3 atom stereocenters. The van der Waals surface area contributed by atoms with Gasteiger partial charge in [0.2, 0.25) is 0 Å². The highest BCUT2D eigenvalue weighted by Crippen LogP contribution is 2.61. The lowest BCUT2D eigenvalue weighted by Crippen LogP contribution is -2.18. The second-order valence-electron chi connectivity index (χ2n) is 6.03. The predicted molar refractivity (Wildman–Crippen MR) is 77.4 cm³/mol. The van der Waals surface area contributed by atoms with Crippen LogP contribution in [0.1, 0.15) is 55.2 Å². The molecule has 1 aromatic carbocycles. The Morgan fingerprint density at radius 3 is 2.82 bits per heavy atom. The van der Waals surface area contributed by atoms with Crippen LogP contribution >= 0.6 is 8.58 Å². The van der Waals surface area contributed by atoms with Gasteiger partial charge in [-0.1, -0.05) is 36.6 Å². The molecule has 1 heteroatoms. The van der Waals surface area contributed by atoms with Crippen molar-refractivity contribution in [1.82, 2.24) is 0 Å². The standard InChI is InChI=1S/C16H23P/c1-12-6-7-15(13(2)11-12)16-9-4-3-5-14(17-16)8-10-16/h6-7,11,14,17H,3-5,8-10H2,1-2H3. The van der Waals surface area contributed by atoms with Crippen LogP contribution in [0.25, 0.3) is 0 Å². The summed E-state index contributed by atoms with van der Waals surface area (Å²) in [5, 5.41) is 0.582. The lowest BCUT2D eigenvalue weighted by atomic mass is 9.83. The molecule has 0 amide bonds. The van der Waals surface area contributed by atoms with Crippen LogP contribution in [0, 0.1) is 13.8 Å². The van der Waals surface area contributed by atoms with E-state index in [9.17, 15) is 0 Å². The Kier molecular flexibility index (Phi) is 3.03. The summed E-state index contributed by atoms with van der Waals surface area (Å²) in [6, 6.07) is 7.14. The molecule has 2 heterocycles. The fraction of sp³-hybridized carbons (Fsp3) is 0.625. The Morgan fingerprint density at radius 2 is 2.00 bits per heavy atom. The van der Waals surface area contributed by atoms with Crippen LogP contribution in [0.4, 0.5) is 0 Å². The third kappa shape index (κ3) is 2.06. The zero-order valence-electron chi connectivity index (χ0n) is 11.1. The van der Waals surface area contributed by atoms with Gasteiger partial charge < -0.3 is 0 Å². The summed E-state index contributed by atoms with van der Waals surface area (Å²) >= 11 is 0. The van der Waals surface area contributed by atoms with E-state index in [1.54, 1.807) is 11.1 Å². The first-order valence-electron chi connectivity index (χ1n) is 7.05. The van der Waals surface area contributed by atoms with E-state index in [-0.39, 0.29) is 0 Å². The molecule has 1 aromatic rings. The maximum absolute atomic E-state index is 2.44. The highest BCUT2D eigenvalue weighted by Gasteiger charge is 2.42. The maximum Gasteiger partial charge on any atom is 0.0131 e. The van der Waals surface area contributed by atoms with Crippen LogP contribution in [0.2, 0.25) is 0 Å². The predicted octanol–water partition coefficient (Wildman–Crippen LogP) is 4.91. The maximum atomic E-state index is 2.44. The smallest absolute Gasteiger partial charge is 0.0131 e. The van der Waals surface area contributed by atoms with Crippen molar-refractivity contribution in [3.63, 3.8) is 0 Å². The first-order valence-corrected chi connectivity index (χ1v) is 8.13. The molecule has 0 saturated carbocycles. The first kappa shape index (κ1) is 11.7. The van der Waals surface area contributed by atoms with Crippen molar-refractivity contribution in [2.24, 2.45) is 0 Å². The summed E-state index contributed by atoms with van der Waals surface area (Å²) < 4.78 is 0. The van der Waals surface area contributed by atoms with Crippen LogP contribution < -0.4 is 0 Å². The molecule has 0 aromatic heterocycles. The molecule has 2 aliphatic heterocycles. The number of hydrogen-bond acceptors (Lipinski definition) is 0. The van der Waals surface area contributed by atoms with Gasteiger partial charge in [-0.3, -0.25) is 0 Å². The first-order chi connectivity index (χ1) is 8.20.